The molecule has 0 saturated carbocycles. The van der Waals surface area contributed by atoms with Crippen LogP contribution in [-0.4, -0.2) is 18.4 Å². The first-order valence-corrected chi connectivity index (χ1v) is 6.09. The van der Waals surface area contributed by atoms with Crippen molar-refractivity contribution >= 4 is 29.1 Å². The molecule has 1 aliphatic rings. The summed E-state index contributed by atoms with van der Waals surface area (Å²) in [5.41, 5.74) is -1.02. The van der Waals surface area contributed by atoms with Gasteiger partial charge < -0.3 is 10.6 Å². The van der Waals surface area contributed by atoms with E-state index in [9.17, 15) is 22.8 Å². The molecule has 2 N–H and O–H groups in total. The van der Waals surface area contributed by atoms with Crippen molar-refractivity contribution in [1.82, 2.24) is 5.32 Å². The maximum absolute atomic E-state index is 12.7. The van der Waals surface area contributed by atoms with Gasteiger partial charge in [-0.2, -0.15) is 13.2 Å². The third-order valence-corrected chi connectivity index (χ3v) is 3.22. The first-order valence-electron chi connectivity index (χ1n) is 5.71. The molecular formula is C12H10ClF3N2O2. The summed E-state index contributed by atoms with van der Waals surface area (Å²) in [5.74, 6) is -1.33. The average molecular weight is 307 g/mol. The van der Waals surface area contributed by atoms with Crippen LogP contribution in [0.15, 0.2) is 18.2 Å². The van der Waals surface area contributed by atoms with E-state index in [1.807, 2.05) is 0 Å². The zero-order valence-electron chi connectivity index (χ0n) is 10.1. The minimum Gasteiger partial charge on any atom is -0.355 e. The number of rotatable bonds is 2. The van der Waals surface area contributed by atoms with Gasteiger partial charge in [0.05, 0.1) is 16.5 Å². The number of halogens is 4. The SMILES string of the molecule is O=C1CC(C(=O)Nc2ccc(Cl)c(C(F)(F)F)c2)CN1. The number of benzene rings is 1. The number of nitrogens with one attached hydrogen (secondary N) is 2. The Balaban J connectivity index is 2.14. The van der Waals surface area contributed by atoms with Crippen molar-refractivity contribution in [3.63, 3.8) is 0 Å². The molecule has 2 rings (SSSR count). The van der Waals surface area contributed by atoms with Crippen LogP contribution < -0.4 is 10.6 Å². The Bertz CT molecular complexity index is 560. The van der Waals surface area contributed by atoms with E-state index in [0.29, 0.717) is 0 Å². The Morgan fingerprint density at radius 3 is 2.65 bits per heavy atom. The van der Waals surface area contributed by atoms with E-state index < -0.39 is 28.6 Å². The Labute approximate surface area is 117 Å². The van der Waals surface area contributed by atoms with Crippen LogP contribution in [0.4, 0.5) is 18.9 Å². The summed E-state index contributed by atoms with van der Waals surface area (Å²) in [5, 5.41) is 4.40. The molecule has 0 aliphatic carbocycles. The van der Waals surface area contributed by atoms with Crippen LogP contribution in [0.3, 0.4) is 0 Å². The number of amides is 2. The van der Waals surface area contributed by atoms with Gasteiger partial charge in [0.25, 0.3) is 0 Å². The zero-order chi connectivity index (χ0) is 14.9. The predicted octanol–water partition coefficient (Wildman–Crippen LogP) is 2.43. The Hall–Kier alpha value is -1.76. The van der Waals surface area contributed by atoms with Crippen LogP contribution in [-0.2, 0) is 15.8 Å². The number of carbonyl (C=O) groups is 2. The second kappa shape index (κ2) is 5.32. The maximum Gasteiger partial charge on any atom is 0.417 e. The molecule has 2 amide bonds. The van der Waals surface area contributed by atoms with Gasteiger partial charge in [-0.15, -0.1) is 0 Å². The van der Waals surface area contributed by atoms with Crippen molar-refractivity contribution in [2.24, 2.45) is 5.92 Å². The molecule has 1 heterocycles. The van der Waals surface area contributed by atoms with E-state index in [-0.39, 0.29) is 24.6 Å². The number of carbonyl (C=O) groups excluding carboxylic acids is 2. The van der Waals surface area contributed by atoms with Crippen molar-refractivity contribution < 1.29 is 22.8 Å². The van der Waals surface area contributed by atoms with Crippen molar-refractivity contribution in [3.05, 3.63) is 28.8 Å². The van der Waals surface area contributed by atoms with Crippen LogP contribution in [0, 0.1) is 5.92 Å². The fourth-order valence-corrected chi connectivity index (χ4v) is 2.08. The summed E-state index contributed by atoms with van der Waals surface area (Å²) in [6.07, 6.45) is -4.56. The lowest BCUT2D eigenvalue weighted by molar-refractivity contribution is -0.137. The highest BCUT2D eigenvalue weighted by Gasteiger charge is 2.34. The monoisotopic (exact) mass is 306 g/mol. The van der Waals surface area contributed by atoms with Crippen LogP contribution >= 0.6 is 11.6 Å². The molecule has 1 unspecified atom stereocenters. The molecule has 108 valence electrons. The minimum atomic E-state index is -4.59. The molecule has 4 nitrogen and oxygen atoms in total. The van der Waals surface area contributed by atoms with E-state index in [1.54, 1.807) is 0 Å². The Morgan fingerprint density at radius 1 is 1.40 bits per heavy atom. The number of anilines is 1. The van der Waals surface area contributed by atoms with Crippen molar-refractivity contribution in [3.8, 4) is 0 Å². The summed E-state index contributed by atoms with van der Waals surface area (Å²) in [6, 6.07) is 3.11. The zero-order valence-corrected chi connectivity index (χ0v) is 10.8. The van der Waals surface area contributed by atoms with Gasteiger partial charge in [0.15, 0.2) is 0 Å². The topological polar surface area (TPSA) is 58.2 Å². The van der Waals surface area contributed by atoms with Gasteiger partial charge in [-0.25, -0.2) is 0 Å². The third-order valence-electron chi connectivity index (χ3n) is 2.89. The standard InChI is InChI=1S/C12H10ClF3N2O2/c13-9-2-1-7(4-8(9)12(14,15)16)18-11(20)6-3-10(19)17-5-6/h1-2,4,6H,3,5H2,(H,17,19)(H,18,20). The molecule has 0 bridgehead atoms. The van der Waals surface area contributed by atoms with Crippen molar-refractivity contribution in [1.29, 1.82) is 0 Å². The molecular weight excluding hydrogens is 297 g/mol. The molecule has 1 aromatic rings. The summed E-state index contributed by atoms with van der Waals surface area (Å²) in [7, 11) is 0. The lowest BCUT2D eigenvalue weighted by Gasteiger charge is -2.13. The summed E-state index contributed by atoms with van der Waals surface area (Å²) < 4.78 is 38.0. The third kappa shape index (κ3) is 3.22. The smallest absolute Gasteiger partial charge is 0.355 e. The number of alkyl halides is 3. The molecule has 8 heteroatoms. The minimum absolute atomic E-state index is 0.00826. The van der Waals surface area contributed by atoms with E-state index in [1.165, 1.54) is 6.07 Å². The summed E-state index contributed by atoms with van der Waals surface area (Å²) >= 11 is 5.48. The molecule has 1 fully saturated rings. The van der Waals surface area contributed by atoms with Crippen LogP contribution in [0.2, 0.25) is 5.02 Å². The molecule has 20 heavy (non-hydrogen) atoms. The first-order chi connectivity index (χ1) is 9.27. The van der Waals surface area contributed by atoms with Crippen LogP contribution in [0.5, 0.6) is 0 Å². The normalized spacial score (nSPS) is 18.8. The van der Waals surface area contributed by atoms with Gasteiger partial charge in [0.2, 0.25) is 11.8 Å². The van der Waals surface area contributed by atoms with Crippen molar-refractivity contribution in [2.75, 3.05) is 11.9 Å². The second-order valence-corrected chi connectivity index (χ2v) is 4.79. The van der Waals surface area contributed by atoms with E-state index in [4.69, 9.17) is 11.6 Å². The van der Waals surface area contributed by atoms with E-state index in [0.717, 1.165) is 12.1 Å². The number of hydrogen-bond acceptors (Lipinski definition) is 2. The predicted molar refractivity (Wildman–Crippen MR) is 66.2 cm³/mol. The van der Waals surface area contributed by atoms with Gasteiger partial charge in [-0.1, -0.05) is 11.6 Å². The fraction of sp³-hybridized carbons (Fsp3) is 0.333. The fourth-order valence-electron chi connectivity index (χ4n) is 1.86. The maximum atomic E-state index is 12.7. The quantitative estimate of drug-likeness (QED) is 0.881. The van der Waals surface area contributed by atoms with Crippen LogP contribution in [0.1, 0.15) is 12.0 Å². The number of hydrogen-bond donors (Lipinski definition) is 2. The Kier molecular flexibility index (Phi) is 3.89. The average Bonchev–Trinajstić information content (AvgIpc) is 2.77. The van der Waals surface area contributed by atoms with Crippen LogP contribution in [0.25, 0.3) is 0 Å². The van der Waals surface area contributed by atoms with Gasteiger partial charge >= 0.3 is 6.18 Å². The molecule has 1 saturated heterocycles. The van der Waals surface area contributed by atoms with E-state index in [2.05, 4.69) is 10.6 Å². The lowest BCUT2D eigenvalue weighted by atomic mass is 10.1. The molecule has 0 spiro atoms. The first kappa shape index (κ1) is 14.6. The van der Waals surface area contributed by atoms with Gasteiger partial charge in [0, 0.05) is 18.7 Å². The highest BCUT2D eigenvalue weighted by atomic mass is 35.5. The lowest BCUT2D eigenvalue weighted by Crippen LogP contribution is -2.24. The largest absolute Gasteiger partial charge is 0.417 e. The van der Waals surface area contributed by atoms with Gasteiger partial charge in [-0.05, 0) is 18.2 Å². The van der Waals surface area contributed by atoms with Gasteiger partial charge in [0.1, 0.15) is 0 Å². The van der Waals surface area contributed by atoms with Gasteiger partial charge in [-0.3, -0.25) is 9.59 Å². The molecule has 0 aromatic heterocycles. The van der Waals surface area contributed by atoms with Crippen molar-refractivity contribution in [2.45, 2.75) is 12.6 Å². The highest BCUT2D eigenvalue weighted by Crippen LogP contribution is 2.36. The second-order valence-electron chi connectivity index (χ2n) is 4.39. The molecule has 1 atom stereocenters. The molecule has 0 radical (unpaired) electrons. The molecule has 1 aliphatic heterocycles. The molecule has 1 aromatic carbocycles. The summed E-state index contributed by atoms with van der Waals surface area (Å²) in [4.78, 5) is 22.8. The summed E-state index contributed by atoms with van der Waals surface area (Å²) in [6.45, 7) is 0.185. The Morgan fingerprint density at radius 2 is 2.10 bits per heavy atom. The highest BCUT2D eigenvalue weighted by molar-refractivity contribution is 6.31. The van der Waals surface area contributed by atoms with E-state index >= 15 is 0 Å².